The third-order valence-corrected chi connectivity index (χ3v) is 10.4. The number of rotatable bonds is 6. The number of hydrogen-bond acceptors (Lipinski definition) is 2. The van der Waals surface area contributed by atoms with Crippen LogP contribution in [-0.4, -0.2) is 14.0 Å². The SMILES string of the molecule is Cc1ccc(C(OC(=O)c2cccc(Cl)c2)[C@H](C)[Si](C)(C)c2ccccc2)cc1. The van der Waals surface area contributed by atoms with Gasteiger partial charge in [0.1, 0.15) is 6.10 Å². The van der Waals surface area contributed by atoms with E-state index < -0.39 is 8.07 Å². The average molecular weight is 423 g/mol. The number of halogens is 1. The van der Waals surface area contributed by atoms with Crippen molar-refractivity contribution in [2.24, 2.45) is 0 Å². The molecule has 0 aliphatic carbocycles. The predicted molar refractivity (Wildman–Crippen MR) is 124 cm³/mol. The van der Waals surface area contributed by atoms with Crippen molar-refractivity contribution >= 4 is 30.8 Å². The summed E-state index contributed by atoms with van der Waals surface area (Å²) < 4.78 is 6.12. The molecule has 3 rings (SSSR count). The van der Waals surface area contributed by atoms with E-state index in [1.165, 1.54) is 10.8 Å². The van der Waals surface area contributed by atoms with Crippen molar-refractivity contribution in [2.45, 2.75) is 38.6 Å². The number of ether oxygens (including phenoxy) is 1. The van der Waals surface area contributed by atoms with E-state index in [0.29, 0.717) is 10.6 Å². The molecule has 0 saturated heterocycles. The molecule has 1 unspecified atom stereocenters. The molecule has 0 aromatic heterocycles. The highest BCUT2D eigenvalue weighted by atomic mass is 35.5. The van der Waals surface area contributed by atoms with Crippen LogP contribution >= 0.6 is 11.6 Å². The van der Waals surface area contributed by atoms with Crippen molar-refractivity contribution in [3.8, 4) is 0 Å². The average Bonchev–Trinajstić information content (AvgIpc) is 2.72. The van der Waals surface area contributed by atoms with Gasteiger partial charge in [-0.3, -0.25) is 0 Å². The number of aryl methyl sites for hydroxylation is 1. The van der Waals surface area contributed by atoms with Gasteiger partial charge < -0.3 is 4.74 Å². The van der Waals surface area contributed by atoms with Gasteiger partial charge in [-0.25, -0.2) is 4.79 Å². The first-order valence-corrected chi connectivity index (χ1v) is 13.3. The molecule has 150 valence electrons. The molecular formula is C25H27ClO2Si. The Hall–Kier alpha value is -2.36. The van der Waals surface area contributed by atoms with Gasteiger partial charge >= 0.3 is 5.97 Å². The normalized spacial score (nSPS) is 13.6. The van der Waals surface area contributed by atoms with Gasteiger partial charge in [-0.2, -0.15) is 0 Å². The summed E-state index contributed by atoms with van der Waals surface area (Å²) in [6.45, 7) is 8.93. The molecule has 3 aromatic rings. The molecule has 0 saturated carbocycles. The zero-order valence-corrected chi connectivity index (χ0v) is 19.1. The third kappa shape index (κ3) is 4.98. The van der Waals surface area contributed by atoms with Gasteiger partial charge in [0.05, 0.1) is 13.6 Å². The Balaban J connectivity index is 1.96. The number of carbonyl (C=O) groups excluding carboxylic acids is 1. The highest BCUT2D eigenvalue weighted by Crippen LogP contribution is 2.38. The smallest absolute Gasteiger partial charge is 0.338 e. The second-order valence-corrected chi connectivity index (χ2v) is 13.5. The lowest BCUT2D eigenvalue weighted by Crippen LogP contribution is -2.47. The van der Waals surface area contributed by atoms with Crippen molar-refractivity contribution in [3.63, 3.8) is 0 Å². The summed E-state index contributed by atoms with van der Waals surface area (Å²) in [5.74, 6) is -0.345. The van der Waals surface area contributed by atoms with Crippen molar-refractivity contribution in [2.75, 3.05) is 0 Å². The quantitative estimate of drug-likeness (QED) is 0.332. The largest absolute Gasteiger partial charge is 0.454 e. The van der Waals surface area contributed by atoms with Gasteiger partial charge in [-0.15, -0.1) is 0 Å². The molecule has 2 atom stereocenters. The van der Waals surface area contributed by atoms with Gasteiger partial charge in [0.15, 0.2) is 0 Å². The molecular weight excluding hydrogens is 396 g/mol. The fourth-order valence-electron chi connectivity index (χ4n) is 3.52. The van der Waals surface area contributed by atoms with Crippen LogP contribution in [0.15, 0.2) is 78.9 Å². The number of esters is 1. The Morgan fingerprint density at radius 3 is 2.21 bits per heavy atom. The molecule has 0 bridgehead atoms. The Kier molecular flexibility index (Phi) is 6.61. The lowest BCUT2D eigenvalue weighted by atomic mass is 10.0. The fraction of sp³-hybridized carbons (Fsp3) is 0.240. The summed E-state index contributed by atoms with van der Waals surface area (Å²) in [6, 6.07) is 25.8. The zero-order chi connectivity index (χ0) is 21.0. The van der Waals surface area contributed by atoms with Crippen LogP contribution in [0.5, 0.6) is 0 Å². The third-order valence-electron chi connectivity index (χ3n) is 5.81. The molecule has 0 N–H and O–H groups in total. The second kappa shape index (κ2) is 8.98. The van der Waals surface area contributed by atoms with E-state index in [9.17, 15) is 4.79 Å². The van der Waals surface area contributed by atoms with E-state index in [2.05, 4.69) is 75.5 Å². The number of carbonyl (C=O) groups is 1. The van der Waals surface area contributed by atoms with Gasteiger partial charge in [-0.1, -0.05) is 103 Å². The molecule has 0 fully saturated rings. The Labute approximate surface area is 179 Å². The predicted octanol–water partition coefficient (Wildman–Crippen LogP) is 6.55. The van der Waals surface area contributed by atoms with Crippen LogP contribution in [0.1, 0.15) is 34.5 Å². The summed E-state index contributed by atoms with van der Waals surface area (Å²) in [7, 11) is -1.92. The lowest BCUT2D eigenvalue weighted by Gasteiger charge is -2.36. The summed E-state index contributed by atoms with van der Waals surface area (Å²) >= 11 is 6.07. The highest BCUT2D eigenvalue weighted by molar-refractivity contribution is 6.91. The zero-order valence-electron chi connectivity index (χ0n) is 17.4. The Bertz CT molecular complexity index is 968. The number of benzene rings is 3. The van der Waals surface area contributed by atoms with Gasteiger partial charge in [0.25, 0.3) is 0 Å². The van der Waals surface area contributed by atoms with Crippen molar-refractivity contribution in [1.82, 2.24) is 0 Å². The van der Waals surface area contributed by atoms with Gasteiger partial charge in [-0.05, 0) is 36.2 Å². The topological polar surface area (TPSA) is 26.3 Å². The molecule has 0 aliphatic heterocycles. The molecule has 4 heteroatoms. The van der Waals surface area contributed by atoms with E-state index in [1.807, 2.05) is 6.07 Å². The maximum atomic E-state index is 13.0. The summed E-state index contributed by atoms with van der Waals surface area (Å²) in [5, 5.41) is 1.88. The van der Waals surface area contributed by atoms with Gasteiger partial charge in [0, 0.05) is 5.02 Å². The minimum absolute atomic E-state index is 0.177. The van der Waals surface area contributed by atoms with Crippen LogP contribution in [0.4, 0.5) is 0 Å². The van der Waals surface area contributed by atoms with E-state index in [4.69, 9.17) is 16.3 Å². The minimum Gasteiger partial charge on any atom is -0.454 e. The van der Waals surface area contributed by atoms with Crippen LogP contribution < -0.4 is 5.19 Å². The van der Waals surface area contributed by atoms with Crippen LogP contribution in [0, 0.1) is 6.92 Å². The Morgan fingerprint density at radius 1 is 0.931 bits per heavy atom. The van der Waals surface area contributed by atoms with Crippen LogP contribution in [0.25, 0.3) is 0 Å². The van der Waals surface area contributed by atoms with E-state index in [1.54, 1.807) is 24.3 Å². The van der Waals surface area contributed by atoms with Crippen LogP contribution in [0.2, 0.25) is 23.7 Å². The second-order valence-electron chi connectivity index (χ2n) is 8.12. The first-order valence-electron chi connectivity index (χ1n) is 9.87. The van der Waals surface area contributed by atoms with E-state index in [-0.39, 0.29) is 17.6 Å². The van der Waals surface area contributed by atoms with Crippen molar-refractivity contribution in [1.29, 1.82) is 0 Å². The maximum Gasteiger partial charge on any atom is 0.338 e. The monoisotopic (exact) mass is 422 g/mol. The van der Waals surface area contributed by atoms with Gasteiger partial charge in [0.2, 0.25) is 0 Å². The number of hydrogen-bond donors (Lipinski definition) is 0. The molecule has 0 radical (unpaired) electrons. The molecule has 2 nitrogen and oxygen atoms in total. The lowest BCUT2D eigenvalue weighted by molar-refractivity contribution is 0.0284. The Morgan fingerprint density at radius 2 is 1.59 bits per heavy atom. The van der Waals surface area contributed by atoms with Crippen LogP contribution in [-0.2, 0) is 4.74 Å². The standard InChI is InChI=1S/C25H27ClO2Si/c1-18-13-15-20(16-14-18)24(28-25(27)21-9-8-10-22(26)17-21)19(2)29(3,4)23-11-6-5-7-12-23/h5-17,19,24H,1-4H3/t19-,24?/m0/s1. The summed E-state index contributed by atoms with van der Waals surface area (Å²) in [5.41, 5.74) is 2.85. The molecule has 29 heavy (non-hydrogen) atoms. The van der Waals surface area contributed by atoms with E-state index >= 15 is 0 Å². The first-order chi connectivity index (χ1) is 13.8. The highest BCUT2D eigenvalue weighted by Gasteiger charge is 2.38. The first kappa shape index (κ1) is 21.3. The molecule has 0 aliphatic rings. The summed E-state index contributed by atoms with van der Waals surface area (Å²) in [6.07, 6.45) is -0.330. The molecule has 0 amide bonds. The van der Waals surface area contributed by atoms with E-state index in [0.717, 1.165) is 5.56 Å². The molecule has 3 aromatic carbocycles. The van der Waals surface area contributed by atoms with Crippen molar-refractivity contribution in [3.05, 3.63) is 101 Å². The molecule has 0 heterocycles. The maximum absolute atomic E-state index is 13.0. The van der Waals surface area contributed by atoms with Crippen molar-refractivity contribution < 1.29 is 9.53 Å². The fourth-order valence-corrected chi connectivity index (χ4v) is 6.31. The minimum atomic E-state index is -1.92. The summed E-state index contributed by atoms with van der Waals surface area (Å²) in [4.78, 5) is 13.0. The van der Waals surface area contributed by atoms with Crippen LogP contribution in [0.3, 0.4) is 0 Å². The molecule has 0 spiro atoms.